The van der Waals surface area contributed by atoms with E-state index in [4.69, 9.17) is 14.2 Å². The molecule has 0 bridgehead atoms. The molecule has 0 fully saturated rings. The second kappa shape index (κ2) is 10.2. The molecular formula is C30H20F3N3O4. The zero-order valence-corrected chi connectivity index (χ0v) is 20.8. The lowest BCUT2D eigenvalue weighted by atomic mass is 10.1. The number of hydrogen-bond acceptors (Lipinski definition) is 6. The summed E-state index contributed by atoms with van der Waals surface area (Å²) in [6.07, 6.45) is -3.12. The molecule has 40 heavy (non-hydrogen) atoms. The van der Waals surface area contributed by atoms with Crippen molar-refractivity contribution in [1.29, 1.82) is 0 Å². The summed E-state index contributed by atoms with van der Waals surface area (Å²) in [7, 11) is 0. The Morgan fingerprint density at radius 1 is 0.925 bits per heavy atom. The Morgan fingerprint density at radius 3 is 2.62 bits per heavy atom. The van der Waals surface area contributed by atoms with Crippen molar-refractivity contribution in [1.82, 2.24) is 9.66 Å². The van der Waals surface area contributed by atoms with E-state index in [2.05, 4.69) is 10.1 Å². The third-order valence-electron chi connectivity index (χ3n) is 6.22. The highest BCUT2D eigenvalue weighted by atomic mass is 19.4. The van der Waals surface area contributed by atoms with Crippen LogP contribution in [0.4, 0.5) is 13.2 Å². The lowest BCUT2D eigenvalue weighted by Gasteiger charge is -2.12. The van der Waals surface area contributed by atoms with Gasteiger partial charge in [-0.25, -0.2) is 4.98 Å². The van der Waals surface area contributed by atoms with Crippen LogP contribution >= 0.6 is 0 Å². The number of benzene rings is 4. The molecule has 1 aliphatic rings. The largest absolute Gasteiger partial charge is 0.489 e. The summed E-state index contributed by atoms with van der Waals surface area (Å²) < 4.78 is 57.9. The number of alkyl halides is 3. The number of hydrogen-bond donors (Lipinski definition) is 0. The van der Waals surface area contributed by atoms with Crippen molar-refractivity contribution < 1.29 is 27.4 Å². The first kappa shape index (κ1) is 25.2. The molecule has 1 aliphatic heterocycles. The van der Waals surface area contributed by atoms with Crippen molar-refractivity contribution in [3.63, 3.8) is 0 Å². The zero-order chi connectivity index (χ0) is 27.7. The van der Waals surface area contributed by atoms with Crippen molar-refractivity contribution in [2.75, 3.05) is 6.79 Å². The summed E-state index contributed by atoms with van der Waals surface area (Å²) in [5, 5.41) is 4.63. The van der Waals surface area contributed by atoms with Crippen LogP contribution in [0.1, 0.15) is 16.7 Å². The van der Waals surface area contributed by atoms with Crippen molar-refractivity contribution in [2.45, 2.75) is 12.8 Å². The Balaban J connectivity index is 1.32. The van der Waals surface area contributed by atoms with Gasteiger partial charge in [-0.2, -0.15) is 22.9 Å². The third kappa shape index (κ3) is 5.11. The predicted molar refractivity (Wildman–Crippen MR) is 143 cm³/mol. The zero-order valence-electron chi connectivity index (χ0n) is 20.8. The first-order chi connectivity index (χ1) is 19.3. The quantitative estimate of drug-likeness (QED) is 0.236. The smallest absolute Gasteiger partial charge is 0.416 e. The van der Waals surface area contributed by atoms with Crippen LogP contribution in [0.3, 0.4) is 0 Å². The van der Waals surface area contributed by atoms with E-state index >= 15 is 0 Å². The van der Waals surface area contributed by atoms with Crippen LogP contribution in [-0.2, 0) is 12.8 Å². The van der Waals surface area contributed by atoms with Crippen LogP contribution in [-0.4, -0.2) is 22.7 Å². The van der Waals surface area contributed by atoms with Crippen molar-refractivity contribution in [2.24, 2.45) is 5.10 Å². The van der Waals surface area contributed by atoms with E-state index in [1.807, 2.05) is 18.2 Å². The van der Waals surface area contributed by atoms with Crippen molar-refractivity contribution >= 4 is 17.1 Å². The van der Waals surface area contributed by atoms with Gasteiger partial charge < -0.3 is 14.2 Å². The van der Waals surface area contributed by atoms with Gasteiger partial charge in [0.2, 0.25) is 6.79 Å². The molecule has 0 aliphatic carbocycles. The number of para-hydroxylation sites is 1. The molecule has 7 nitrogen and oxygen atoms in total. The van der Waals surface area contributed by atoms with Crippen LogP contribution in [0.25, 0.3) is 22.3 Å². The number of nitrogens with zero attached hydrogens (tertiary/aromatic N) is 3. The molecule has 4 aromatic carbocycles. The second-order valence-electron chi connectivity index (χ2n) is 8.94. The minimum atomic E-state index is -4.55. The summed E-state index contributed by atoms with van der Waals surface area (Å²) in [4.78, 5) is 17.9. The molecule has 0 spiro atoms. The van der Waals surface area contributed by atoms with Crippen LogP contribution in [0.2, 0.25) is 0 Å². The maximum absolute atomic E-state index is 13.4. The van der Waals surface area contributed by atoms with E-state index in [9.17, 15) is 18.0 Å². The van der Waals surface area contributed by atoms with Crippen molar-refractivity contribution in [3.8, 4) is 28.6 Å². The normalized spacial score (nSPS) is 12.8. The fourth-order valence-electron chi connectivity index (χ4n) is 4.26. The Bertz CT molecular complexity index is 1820. The van der Waals surface area contributed by atoms with Crippen LogP contribution in [0, 0.1) is 0 Å². The number of rotatable bonds is 6. The summed E-state index contributed by atoms with van der Waals surface area (Å²) in [5.74, 6) is 1.89. The molecule has 0 atom stereocenters. The first-order valence-corrected chi connectivity index (χ1v) is 12.2. The number of halogens is 3. The molecule has 1 aromatic heterocycles. The molecule has 0 saturated carbocycles. The average molecular weight is 544 g/mol. The van der Waals surface area contributed by atoms with Gasteiger partial charge in [-0.15, -0.1) is 0 Å². The molecule has 200 valence electrons. The Morgan fingerprint density at radius 2 is 1.75 bits per heavy atom. The highest BCUT2D eigenvalue weighted by molar-refractivity contribution is 5.82. The number of fused-ring (bicyclic) bond motifs is 2. The lowest BCUT2D eigenvalue weighted by Crippen LogP contribution is -2.20. The summed E-state index contributed by atoms with van der Waals surface area (Å²) in [5.41, 5.74) is 0.599. The molecule has 0 N–H and O–H groups in total. The van der Waals surface area contributed by atoms with Crippen LogP contribution < -0.4 is 19.8 Å². The van der Waals surface area contributed by atoms with Gasteiger partial charge in [0.1, 0.15) is 12.4 Å². The SMILES string of the molecule is O=c1c2ccccc2nc(-c2cccc(C(F)(F)F)c2)n1N=Cc1cccc(OCc2ccc3c(c2)OCO3)c1. The topological polar surface area (TPSA) is 74.9 Å². The predicted octanol–water partition coefficient (Wildman–Crippen LogP) is 6.27. The maximum atomic E-state index is 13.4. The maximum Gasteiger partial charge on any atom is 0.416 e. The molecule has 0 saturated heterocycles. The molecule has 6 rings (SSSR count). The number of aromatic nitrogens is 2. The van der Waals surface area contributed by atoms with E-state index in [0.29, 0.717) is 28.3 Å². The molecular weight excluding hydrogens is 523 g/mol. The third-order valence-corrected chi connectivity index (χ3v) is 6.22. The summed E-state index contributed by atoms with van der Waals surface area (Å²) in [6.45, 7) is 0.470. The van der Waals surface area contributed by atoms with E-state index in [0.717, 1.165) is 22.4 Å². The van der Waals surface area contributed by atoms with Gasteiger partial charge >= 0.3 is 6.18 Å². The minimum Gasteiger partial charge on any atom is -0.489 e. The second-order valence-corrected chi connectivity index (χ2v) is 8.94. The van der Waals surface area contributed by atoms with Gasteiger partial charge in [0, 0.05) is 5.56 Å². The van der Waals surface area contributed by atoms with Gasteiger partial charge in [0.15, 0.2) is 17.3 Å². The highest BCUT2D eigenvalue weighted by Gasteiger charge is 2.31. The molecule has 2 heterocycles. The average Bonchev–Trinajstić information content (AvgIpc) is 3.43. The van der Waals surface area contributed by atoms with E-state index in [1.54, 1.807) is 48.5 Å². The molecule has 0 amide bonds. The highest BCUT2D eigenvalue weighted by Crippen LogP contribution is 2.33. The number of ether oxygens (including phenoxy) is 3. The van der Waals surface area contributed by atoms with Crippen molar-refractivity contribution in [3.05, 3.63) is 118 Å². The lowest BCUT2D eigenvalue weighted by molar-refractivity contribution is -0.137. The fraction of sp³-hybridized carbons (Fsp3) is 0.100. The van der Waals surface area contributed by atoms with Gasteiger partial charge in [0.25, 0.3) is 5.56 Å². The standard InChI is InChI=1S/C30H20F3N3O4/c31-30(32,33)22-7-4-6-21(15-22)28-35-25-10-2-1-9-24(25)29(37)36(28)34-16-19-5-3-8-23(13-19)38-17-20-11-12-26-27(14-20)40-18-39-26/h1-16H,17-18H2. The van der Waals surface area contributed by atoms with E-state index in [1.165, 1.54) is 18.3 Å². The van der Waals surface area contributed by atoms with Crippen LogP contribution in [0.5, 0.6) is 17.2 Å². The monoisotopic (exact) mass is 543 g/mol. The molecule has 0 unspecified atom stereocenters. The molecule has 0 radical (unpaired) electrons. The Labute approximate surface area is 225 Å². The molecule has 5 aromatic rings. The Hall–Kier alpha value is -5.12. The van der Waals surface area contributed by atoms with Gasteiger partial charge in [-0.3, -0.25) is 4.79 Å². The summed E-state index contributed by atoms with van der Waals surface area (Å²) >= 11 is 0. The summed E-state index contributed by atoms with van der Waals surface area (Å²) in [6, 6.07) is 23.9. The van der Waals surface area contributed by atoms with Gasteiger partial charge in [-0.05, 0) is 59.7 Å². The minimum absolute atomic E-state index is 0.0127. The van der Waals surface area contributed by atoms with Crippen LogP contribution in [0.15, 0.2) is 101 Å². The van der Waals surface area contributed by atoms with Gasteiger partial charge in [0.05, 0.1) is 22.7 Å². The Kier molecular flexibility index (Phi) is 6.43. The fourth-order valence-corrected chi connectivity index (χ4v) is 4.26. The molecule has 10 heteroatoms. The van der Waals surface area contributed by atoms with E-state index < -0.39 is 17.3 Å². The van der Waals surface area contributed by atoms with E-state index in [-0.39, 0.29) is 30.2 Å². The first-order valence-electron chi connectivity index (χ1n) is 12.2. The van der Waals surface area contributed by atoms with Gasteiger partial charge in [-0.1, -0.05) is 42.5 Å².